The first kappa shape index (κ1) is 9.14. The lowest BCUT2D eigenvalue weighted by molar-refractivity contribution is 0.474. The summed E-state index contributed by atoms with van der Waals surface area (Å²) in [6.45, 7) is 1.87. The van der Waals surface area contributed by atoms with E-state index >= 15 is 0 Å². The van der Waals surface area contributed by atoms with Gasteiger partial charge in [-0.05, 0) is 6.92 Å². The maximum Gasteiger partial charge on any atom is 0.266 e. The summed E-state index contributed by atoms with van der Waals surface area (Å²) in [7, 11) is -3.90. The van der Waals surface area contributed by atoms with Crippen LogP contribution in [-0.2, 0) is 16.7 Å². The summed E-state index contributed by atoms with van der Waals surface area (Å²) in [5, 5.41) is 7.26. The highest BCUT2D eigenvalue weighted by atomic mass is 32.2. The molecule has 0 aromatic carbocycles. The van der Waals surface area contributed by atoms with Gasteiger partial charge in [0.2, 0.25) is 0 Å². The number of rotatable bonds is 3. The summed E-state index contributed by atoms with van der Waals surface area (Å²) in [5.74, 6) is -0.338. The zero-order chi connectivity index (χ0) is 9.19. The lowest BCUT2D eigenvalue weighted by atomic mass is 10.6. The normalized spacial score (nSPS) is 11.8. The van der Waals surface area contributed by atoms with Crippen LogP contribution in [-0.4, -0.2) is 33.7 Å². The largest absolute Gasteiger partial charge is 0.285 e. The summed E-state index contributed by atoms with van der Waals surface area (Å²) in [5.41, 5.74) is 0.713. The number of hydrogen-bond acceptors (Lipinski definition) is 4. The van der Waals surface area contributed by atoms with Crippen molar-refractivity contribution in [3.8, 4) is 0 Å². The summed E-state index contributed by atoms with van der Waals surface area (Å²) >= 11 is 0. The van der Waals surface area contributed by atoms with Gasteiger partial charge in [0.1, 0.15) is 0 Å². The molecular weight excluding hydrogens is 182 g/mol. The Labute approximate surface area is 70.0 Å². The van der Waals surface area contributed by atoms with Crippen molar-refractivity contribution in [1.29, 1.82) is 0 Å². The Hall–Kier alpha value is -0.950. The van der Waals surface area contributed by atoms with Gasteiger partial charge in [-0.3, -0.25) is 9.23 Å². The Morgan fingerprint density at radius 1 is 1.67 bits per heavy atom. The second-order valence-electron chi connectivity index (χ2n) is 2.41. The minimum atomic E-state index is -3.90. The zero-order valence-corrected chi connectivity index (χ0v) is 7.32. The van der Waals surface area contributed by atoms with Crippen LogP contribution in [0.15, 0.2) is 6.20 Å². The van der Waals surface area contributed by atoms with Gasteiger partial charge in [0.05, 0.1) is 18.0 Å². The quantitative estimate of drug-likeness (QED) is 0.649. The molecule has 6 nitrogen and oxygen atoms in total. The first-order valence-corrected chi connectivity index (χ1v) is 4.90. The topological polar surface area (TPSA) is 85.1 Å². The zero-order valence-electron chi connectivity index (χ0n) is 6.51. The molecule has 1 aromatic rings. The van der Waals surface area contributed by atoms with Gasteiger partial charge in [0, 0.05) is 6.20 Å². The number of nitrogens with zero attached hydrogens (tertiary/aromatic N) is 3. The van der Waals surface area contributed by atoms with E-state index in [0.717, 1.165) is 0 Å². The minimum Gasteiger partial charge on any atom is -0.285 e. The molecule has 12 heavy (non-hydrogen) atoms. The van der Waals surface area contributed by atoms with Crippen LogP contribution in [0.3, 0.4) is 0 Å². The van der Waals surface area contributed by atoms with E-state index in [4.69, 9.17) is 4.55 Å². The van der Waals surface area contributed by atoms with Crippen LogP contribution in [0.2, 0.25) is 0 Å². The van der Waals surface area contributed by atoms with Crippen molar-refractivity contribution in [2.75, 3.05) is 5.75 Å². The van der Waals surface area contributed by atoms with E-state index < -0.39 is 10.1 Å². The van der Waals surface area contributed by atoms with Gasteiger partial charge in [0.25, 0.3) is 10.1 Å². The van der Waals surface area contributed by atoms with Crippen LogP contribution in [0.4, 0.5) is 0 Å². The molecule has 0 bridgehead atoms. The van der Waals surface area contributed by atoms with Crippen LogP contribution in [0.5, 0.6) is 0 Å². The van der Waals surface area contributed by atoms with Gasteiger partial charge in [-0.25, -0.2) is 0 Å². The second-order valence-corrected chi connectivity index (χ2v) is 3.98. The smallest absolute Gasteiger partial charge is 0.266 e. The third-order valence-electron chi connectivity index (χ3n) is 1.23. The van der Waals surface area contributed by atoms with Crippen LogP contribution in [0.25, 0.3) is 0 Å². The number of aryl methyl sites for hydroxylation is 2. The molecule has 0 spiro atoms. The molecule has 1 heterocycles. The molecule has 0 radical (unpaired) electrons. The Balaban J connectivity index is 2.55. The van der Waals surface area contributed by atoms with Gasteiger partial charge in [-0.15, -0.1) is 5.10 Å². The van der Waals surface area contributed by atoms with Crippen molar-refractivity contribution < 1.29 is 13.0 Å². The maximum absolute atomic E-state index is 10.3. The Kier molecular flexibility index (Phi) is 2.43. The summed E-state index contributed by atoms with van der Waals surface area (Å²) in [6, 6.07) is 0. The van der Waals surface area contributed by atoms with Crippen molar-refractivity contribution in [1.82, 2.24) is 15.0 Å². The van der Waals surface area contributed by atoms with Crippen molar-refractivity contribution in [3.63, 3.8) is 0 Å². The molecule has 7 heteroatoms. The molecule has 0 atom stereocenters. The standard InChI is InChI=1S/C5H9N3O3S/c1-5-4-8(7-6-5)2-3-12(9,10)11/h4H,2-3H2,1H3,(H,9,10,11). The molecule has 0 saturated carbocycles. The number of hydrogen-bond donors (Lipinski definition) is 1. The summed E-state index contributed by atoms with van der Waals surface area (Å²) < 4.78 is 30.4. The highest BCUT2D eigenvalue weighted by Gasteiger charge is 2.05. The molecule has 0 saturated heterocycles. The summed E-state index contributed by atoms with van der Waals surface area (Å²) in [6.07, 6.45) is 1.60. The van der Waals surface area contributed by atoms with Gasteiger partial charge in [-0.1, -0.05) is 5.21 Å². The molecule has 1 rings (SSSR count). The van der Waals surface area contributed by atoms with Crippen LogP contribution < -0.4 is 0 Å². The van der Waals surface area contributed by atoms with E-state index in [9.17, 15) is 8.42 Å². The van der Waals surface area contributed by atoms with Crippen molar-refractivity contribution in [2.24, 2.45) is 0 Å². The van der Waals surface area contributed by atoms with Crippen LogP contribution in [0, 0.1) is 6.92 Å². The van der Waals surface area contributed by atoms with E-state index in [-0.39, 0.29) is 12.3 Å². The lowest BCUT2D eigenvalue weighted by Crippen LogP contribution is -2.12. The van der Waals surface area contributed by atoms with E-state index in [0.29, 0.717) is 5.69 Å². The second kappa shape index (κ2) is 3.20. The van der Waals surface area contributed by atoms with Gasteiger partial charge in [0.15, 0.2) is 0 Å². The van der Waals surface area contributed by atoms with E-state index in [2.05, 4.69) is 10.3 Å². The van der Waals surface area contributed by atoms with Gasteiger partial charge < -0.3 is 0 Å². The Morgan fingerprint density at radius 2 is 2.33 bits per heavy atom. The monoisotopic (exact) mass is 191 g/mol. The predicted octanol–water partition coefficient (Wildman–Crippen LogP) is -0.526. The molecular formula is C5H9N3O3S. The minimum absolute atomic E-state index is 0.125. The molecule has 0 fully saturated rings. The summed E-state index contributed by atoms with van der Waals surface area (Å²) in [4.78, 5) is 0. The van der Waals surface area contributed by atoms with Crippen LogP contribution >= 0.6 is 0 Å². The molecule has 1 aromatic heterocycles. The molecule has 0 aliphatic rings. The lowest BCUT2D eigenvalue weighted by Gasteiger charge is -1.95. The van der Waals surface area contributed by atoms with Crippen molar-refractivity contribution >= 4 is 10.1 Å². The van der Waals surface area contributed by atoms with Crippen molar-refractivity contribution in [2.45, 2.75) is 13.5 Å². The molecule has 0 unspecified atom stereocenters. The number of aromatic nitrogens is 3. The van der Waals surface area contributed by atoms with E-state index in [1.807, 2.05) is 0 Å². The molecule has 0 aliphatic carbocycles. The molecule has 1 N–H and O–H groups in total. The van der Waals surface area contributed by atoms with E-state index in [1.54, 1.807) is 13.1 Å². The highest BCUT2D eigenvalue weighted by molar-refractivity contribution is 7.85. The predicted molar refractivity (Wildman–Crippen MR) is 41.2 cm³/mol. The first-order valence-electron chi connectivity index (χ1n) is 3.29. The average molecular weight is 191 g/mol. The molecule has 0 aliphatic heterocycles. The Bertz CT molecular complexity index is 356. The first-order chi connectivity index (χ1) is 5.47. The van der Waals surface area contributed by atoms with Crippen molar-refractivity contribution in [3.05, 3.63) is 11.9 Å². The molecule has 0 amide bonds. The fraction of sp³-hybridized carbons (Fsp3) is 0.600. The van der Waals surface area contributed by atoms with Crippen LogP contribution in [0.1, 0.15) is 5.69 Å². The SMILES string of the molecule is Cc1cn(CCS(=O)(=O)O)nn1. The third kappa shape index (κ3) is 2.97. The fourth-order valence-electron chi connectivity index (χ4n) is 0.713. The fourth-order valence-corrected chi connectivity index (χ4v) is 1.13. The third-order valence-corrected chi connectivity index (χ3v) is 1.93. The molecule has 68 valence electrons. The highest BCUT2D eigenvalue weighted by Crippen LogP contribution is 1.91. The maximum atomic E-state index is 10.3. The van der Waals surface area contributed by atoms with Gasteiger partial charge in [-0.2, -0.15) is 8.42 Å². The Morgan fingerprint density at radius 3 is 2.75 bits per heavy atom. The average Bonchev–Trinajstić information content (AvgIpc) is 2.30. The van der Waals surface area contributed by atoms with E-state index in [1.165, 1.54) is 4.68 Å². The van der Waals surface area contributed by atoms with Gasteiger partial charge >= 0.3 is 0 Å².